The number of methoxy groups -OCH3 is 1. The Morgan fingerprint density at radius 2 is 2.00 bits per heavy atom. The zero-order valence-corrected chi connectivity index (χ0v) is 23.8. The number of nitrogen functional groups attached to an aromatic ring is 1. The summed E-state index contributed by atoms with van der Waals surface area (Å²) in [5.41, 5.74) is 9.20. The maximum Gasteiger partial charge on any atom is 0.320 e. The number of amides is 1. The van der Waals surface area contributed by atoms with Gasteiger partial charge in [-0.15, -0.1) is 0 Å². The lowest BCUT2D eigenvalue weighted by molar-refractivity contribution is -0.131. The van der Waals surface area contributed by atoms with E-state index in [1.807, 2.05) is 16.7 Å². The lowest BCUT2D eigenvalue weighted by Crippen LogP contribution is -2.47. The third-order valence-corrected chi connectivity index (χ3v) is 7.96. The van der Waals surface area contributed by atoms with Gasteiger partial charge in [0.15, 0.2) is 5.65 Å². The minimum Gasteiger partial charge on any atom is -0.496 e. The Labute approximate surface area is 240 Å². The van der Waals surface area contributed by atoms with Gasteiger partial charge in [0, 0.05) is 31.2 Å². The number of carbonyl (C=O) groups is 1. The number of hydrogen-bond acceptors (Lipinski definition) is 9. The van der Waals surface area contributed by atoms with Gasteiger partial charge in [-0.1, -0.05) is 25.5 Å². The van der Waals surface area contributed by atoms with Crippen molar-refractivity contribution in [1.29, 1.82) is 5.26 Å². The lowest BCUT2D eigenvalue weighted by Gasteiger charge is -2.33. The molecular weight excluding hydrogens is 522 g/mol. The van der Waals surface area contributed by atoms with E-state index in [-0.39, 0.29) is 29.7 Å². The highest BCUT2D eigenvalue weighted by molar-refractivity contribution is 5.88. The number of nitriles is 1. The third-order valence-electron chi connectivity index (χ3n) is 7.96. The van der Waals surface area contributed by atoms with Gasteiger partial charge in [-0.05, 0) is 55.7 Å². The molecule has 1 atom stereocenters. The Morgan fingerprint density at radius 3 is 2.68 bits per heavy atom. The number of anilines is 1. The van der Waals surface area contributed by atoms with E-state index in [1.165, 1.54) is 0 Å². The molecule has 3 aromatic rings. The number of nitrogens with one attached hydrogen (secondary N) is 1. The van der Waals surface area contributed by atoms with E-state index >= 15 is 0 Å². The minimum atomic E-state index is -0.862. The smallest absolute Gasteiger partial charge is 0.320 e. The van der Waals surface area contributed by atoms with Gasteiger partial charge in [0.25, 0.3) is 0 Å². The molecule has 2 fully saturated rings. The van der Waals surface area contributed by atoms with Crippen LogP contribution in [0.1, 0.15) is 62.3 Å². The van der Waals surface area contributed by atoms with Crippen LogP contribution in [0.2, 0.25) is 0 Å². The quantitative estimate of drug-likeness (QED) is 0.283. The average Bonchev–Trinajstić information content (AvgIpc) is 3.77. The number of nitrogens with two attached hydrogens (primary N) is 1. The van der Waals surface area contributed by atoms with Crippen molar-refractivity contribution in [2.45, 2.75) is 70.7 Å². The Bertz CT molecular complexity index is 1420. The molecule has 0 unspecified atom stereocenters. The maximum atomic E-state index is 12.3. The molecule has 2 aromatic heterocycles. The number of fused-ring (bicyclic) bond motifs is 1. The predicted molar refractivity (Wildman–Crippen MR) is 154 cm³/mol. The number of piperidine rings is 1. The van der Waals surface area contributed by atoms with E-state index in [4.69, 9.17) is 15.2 Å². The van der Waals surface area contributed by atoms with Crippen molar-refractivity contribution in [1.82, 2.24) is 24.8 Å². The lowest BCUT2D eigenvalue weighted by atomic mass is 10.0. The molecule has 3 heterocycles. The summed E-state index contributed by atoms with van der Waals surface area (Å²) in [6, 6.07) is 10.4. The molecule has 1 saturated heterocycles. The number of carbonyl (C=O) groups excluding carboxylic acids is 1. The summed E-state index contributed by atoms with van der Waals surface area (Å²) < 4.78 is 13.3. The highest BCUT2D eigenvalue weighted by atomic mass is 16.5. The van der Waals surface area contributed by atoms with Crippen molar-refractivity contribution in [2.24, 2.45) is 5.92 Å². The molecule has 218 valence electrons. The maximum absolute atomic E-state index is 12.3. The van der Waals surface area contributed by atoms with Crippen LogP contribution in [0.15, 0.2) is 24.3 Å². The SMILES string of the molecule is CCCCOc1nc(N)c2cc(C#N)n(Cc3ccc(CN4CCC(NC(=O)[C@@H](O)C5CC5)CC4)cc3OC)c2n1. The number of ether oxygens (including phenoxy) is 2. The molecular formula is C30H39N7O4. The van der Waals surface area contributed by atoms with E-state index in [1.54, 1.807) is 13.2 Å². The highest BCUT2D eigenvalue weighted by Crippen LogP contribution is 2.33. The molecule has 0 radical (unpaired) electrons. The molecule has 1 amide bonds. The van der Waals surface area contributed by atoms with Crippen LogP contribution in [0, 0.1) is 17.2 Å². The van der Waals surface area contributed by atoms with Crippen LogP contribution in [0.25, 0.3) is 11.0 Å². The molecule has 1 aliphatic heterocycles. The summed E-state index contributed by atoms with van der Waals surface area (Å²) in [4.78, 5) is 23.5. The van der Waals surface area contributed by atoms with Crippen LogP contribution in [0.4, 0.5) is 5.82 Å². The molecule has 0 bridgehead atoms. The number of aromatic nitrogens is 3. The number of likely N-dealkylation sites (tertiary alicyclic amines) is 1. The topological polar surface area (TPSA) is 152 Å². The summed E-state index contributed by atoms with van der Waals surface area (Å²) >= 11 is 0. The molecule has 11 heteroatoms. The fraction of sp³-hybridized carbons (Fsp3) is 0.533. The van der Waals surface area contributed by atoms with E-state index in [0.717, 1.165) is 75.0 Å². The van der Waals surface area contributed by atoms with Crippen molar-refractivity contribution in [3.05, 3.63) is 41.1 Å². The second-order valence-corrected chi connectivity index (χ2v) is 11.0. The number of benzene rings is 1. The first-order chi connectivity index (χ1) is 19.9. The van der Waals surface area contributed by atoms with Crippen LogP contribution >= 0.6 is 0 Å². The Kier molecular flexibility index (Phi) is 8.90. The second-order valence-electron chi connectivity index (χ2n) is 11.0. The van der Waals surface area contributed by atoms with Gasteiger partial charge in [0.2, 0.25) is 5.91 Å². The Balaban J connectivity index is 1.25. The number of aliphatic hydroxyl groups excluding tert-OH is 1. The molecule has 1 aromatic carbocycles. The van der Waals surface area contributed by atoms with Gasteiger partial charge in [-0.25, -0.2) is 0 Å². The normalized spacial score (nSPS) is 16.8. The zero-order valence-electron chi connectivity index (χ0n) is 23.8. The van der Waals surface area contributed by atoms with Crippen LogP contribution in [-0.2, 0) is 17.9 Å². The second kappa shape index (κ2) is 12.7. The van der Waals surface area contributed by atoms with Gasteiger partial charge < -0.3 is 30.2 Å². The van der Waals surface area contributed by atoms with E-state index < -0.39 is 6.10 Å². The van der Waals surface area contributed by atoms with Gasteiger partial charge in [-0.2, -0.15) is 15.2 Å². The first-order valence-corrected chi connectivity index (χ1v) is 14.5. The average molecular weight is 562 g/mol. The molecule has 4 N–H and O–H groups in total. The van der Waals surface area contributed by atoms with E-state index in [9.17, 15) is 15.2 Å². The minimum absolute atomic E-state index is 0.102. The number of aliphatic hydroxyl groups is 1. The first-order valence-electron chi connectivity index (χ1n) is 14.5. The zero-order chi connectivity index (χ0) is 28.9. The van der Waals surface area contributed by atoms with Crippen LogP contribution < -0.4 is 20.5 Å². The third kappa shape index (κ3) is 6.72. The molecule has 1 saturated carbocycles. The number of rotatable bonds is 12. The summed E-state index contributed by atoms with van der Waals surface area (Å²) in [6.07, 6.45) is 4.59. The summed E-state index contributed by atoms with van der Waals surface area (Å²) in [7, 11) is 1.64. The molecule has 1 aliphatic carbocycles. The summed E-state index contributed by atoms with van der Waals surface area (Å²) in [5.74, 6) is 0.923. The fourth-order valence-corrected chi connectivity index (χ4v) is 5.35. The first kappa shape index (κ1) is 28.6. The van der Waals surface area contributed by atoms with Gasteiger partial charge >= 0.3 is 6.01 Å². The van der Waals surface area contributed by atoms with Gasteiger partial charge in [0.05, 0.1) is 25.6 Å². The molecule has 11 nitrogen and oxygen atoms in total. The summed E-state index contributed by atoms with van der Waals surface area (Å²) in [6.45, 7) is 5.44. The molecule has 5 rings (SSSR count). The Morgan fingerprint density at radius 1 is 1.22 bits per heavy atom. The van der Waals surface area contributed by atoms with Crippen LogP contribution in [0.3, 0.4) is 0 Å². The van der Waals surface area contributed by atoms with Gasteiger partial charge in [-0.3, -0.25) is 9.69 Å². The molecule has 41 heavy (non-hydrogen) atoms. The monoisotopic (exact) mass is 561 g/mol. The Hall–Kier alpha value is -3.88. The van der Waals surface area contributed by atoms with Gasteiger partial charge in [0.1, 0.15) is 29.4 Å². The largest absolute Gasteiger partial charge is 0.496 e. The number of hydrogen-bond donors (Lipinski definition) is 3. The van der Waals surface area contributed by atoms with Crippen LogP contribution in [0.5, 0.6) is 11.8 Å². The number of nitrogens with zero attached hydrogens (tertiary/aromatic N) is 5. The standard InChI is InChI=1S/C30H39N7O4/c1-3-4-13-41-30-34-27(32)24-15-23(16-31)37(28(24)35-30)18-21-6-5-19(14-25(21)40-2)17-36-11-9-22(10-12-36)33-29(39)26(38)20-7-8-20/h5-6,14-15,20,22,26,38H,3-4,7-13,17-18H2,1-2H3,(H,33,39)(H2,32,34,35)/t26-/m0/s1. The van der Waals surface area contributed by atoms with Crippen molar-refractivity contribution in [2.75, 3.05) is 32.5 Å². The van der Waals surface area contributed by atoms with Crippen molar-refractivity contribution >= 4 is 22.8 Å². The van der Waals surface area contributed by atoms with E-state index in [0.29, 0.717) is 29.9 Å². The van der Waals surface area contributed by atoms with E-state index in [2.05, 4.69) is 39.2 Å². The van der Waals surface area contributed by atoms with Crippen molar-refractivity contribution in [3.63, 3.8) is 0 Å². The highest BCUT2D eigenvalue weighted by Gasteiger charge is 2.35. The summed E-state index contributed by atoms with van der Waals surface area (Å²) in [5, 5.41) is 23.5. The van der Waals surface area contributed by atoms with Crippen LogP contribution in [-0.4, -0.2) is 69.4 Å². The number of unbranched alkanes of at least 4 members (excludes halogenated alkanes) is 1. The fourth-order valence-electron chi connectivity index (χ4n) is 5.35. The van der Waals surface area contributed by atoms with Crippen molar-refractivity contribution < 1.29 is 19.4 Å². The molecule has 0 spiro atoms. The van der Waals surface area contributed by atoms with Crippen molar-refractivity contribution in [3.8, 4) is 17.8 Å². The predicted octanol–water partition coefficient (Wildman–Crippen LogP) is 2.97. The molecule has 2 aliphatic rings.